The summed E-state index contributed by atoms with van der Waals surface area (Å²) >= 11 is 0. The van der Waals surface area contributed by atoms with Gasteiger partial charge < -0.3 is 0 Å². The number of benzene rings is 1. The van der Waals surface area contributed by atoms with Crippen LogP contribution in [0.5, 0.6) is 0 Å². The van der Waals surface area contributed by atoms with Crippen LogP contribution in [0.4, 0.5) is 0 Å². The van der Waals surface area contributed by atoms with E-state index < -0.39 is 0 Å². The van der Waals surface area contributed by atoms with Gasteiger partial charge in [-0.05, 0) is 45.1 Å². The highest BCUT2D eigenvalue weighted by Gasteiger charge is 2.14. The second-order valence-corrected chi connectivity index (χ2v) is 5.06. The molecular weight excluding hydrogens is 228 g/mol. The van der Waals surface area contributed by atoms with Gasteiger partial charge in [-0.2, -0.15) is 0 Å². The molecule has 0 saturated heterocycles. The van der Waals surface area contributed by atoms with Gasteiger partial charge in [0.1, 0.15) is 0 Å². The molecule has 0 aliphatic heterocycles. The minimum atomic E-state index is 0.856. The van der Waals surface area contributed by atoms with Crippen molar-refractivity contribution in [1.29, 1.82) is 0 Å². The highest BCUT2D eigenvalue weighted by Crippen LogP contribution is 2.32. The molecule has 1 aliphatic rings. The van der Waals surface area contributed by atoms with Crippen molar-refractivity contribution in [3.05, 3.63) is 60.7 Å². The van der Waals surface area contributed by atoms with E-state index in [1.165, 1.54) is 37.7 Å². The van der Waals surface area contributed by atoms with Crippen molar-refractivity contribution >= 4 is 0 Å². The van der Waals surface area contributed by atoms with Crippen molar-refractivity contribution in [3.8, 4) is 0 Å². The van der Waals surface area contributed by atoms with E-state index in [1.54, 1.807) is 17.7 Å². The Kier molecular flexibility index (Phi) is 11.0. The van der Waals surface area contributed by atoms with Crippen LogP contribution in [0.15, 0.2) is 49.6 Å². The van der Waals surface area contributed by atoms with Gasteiger partial charge in [-0.1, -0.05) is 61.2 Å². The molecule has 19 heavy (non-hydrogen) atoms. The third-order valence-electron chi connectivity index (χ3n) is 3.15. The Labute approximate surface area is 120 Å². The van der Waals surface area contributed by atoms with E-state index in [4.69, 9.17) is 0 Å². The maximum absolute atomic E-state index is 3.36. The maximum Gasteiger partial charge on any atom is -0.0162 e. The summed E-state index contributed by atoms with van der Waals surface area (Å²) in [5.74, 6) is 0.856. The van der Waals surface area contributed by atoms with E-state index in [1.807, 2.05) is 13.8 Å². The second kappa shape index (κ2) is 11.8. The van der Waals surface area contributed by atoms with Crippen molar-refractivity contribution in [1.82, 2.24) is 0 Å². The van der Waals surface area contributed by atoms with Crippen molar-refractivity contribution in [2.24, 2.45) is 0 Å². The summed E-state index contributed by atoms with van der Waals surface area (Å²) in [6.07, 6.45) is 10.6. The Balaban J connectivity index is 0.000000465. The van der Waals surface area contributed by atoms with Crippen molar-refractivity contribution in [3.63, 3.8) is 0 Å². The molecule has 0 heterocycles. The minimum Gasteiger partial charge on any atom is -0.103 e. The van der Waals surface area contributed by atoms with Crippen molar-refractivity contribution in [2.45, 2.75) is 58.8 Å². The molecule has 0 radical (unpaired) electrons. The highest BCUT2D eigenvalue weighted by molar-refractivity contribution is 5.24. The minimum absolute atomic E-state index is 0.856. The molecule has 106 valence electrons. The Hall–Kier alpha value is -1.30. The molecule has 0 spiro atoms. The normalized spacial score (nSPS) is 14.3. The molecule has 2 rings (SSSR count). The first-order valence-corrected chi connectivity index (χ1v) is 7.40. The maximum atomic E-state index is 3.36. The fourth-order valence-corrected chi connectivity index (χ4v) is 2.27. The van der Waals surface area contributed by atoms with Gasteiger partial charge in [0.2, 0.25) is 0 Å². The summed E-state index contributed by atoms with van der Waals surface area (Å²) in [5, 5.41) is 0. The molecule has 0 N–H and O–H groups in total. The Morgan fingerprint density at radius 2 is 1.32 bits per heavy atom. The zero-order chi connectivity index (χ0) is 14.5. The van der Waals surface area contributed by atoms with Crippen LogP contribution in [-0.4, -0.2) is 0 Å². The van der Waals surface area contributed by atoms with Crippen molar-refractivity contribution in [2.75, 3.05) is 0 Å². The summed E-state index contributed by atoms with van der Waals surface area (Å²) in [4.78, 5) is 0. The summed E-state index contributed by atoms with van der Waals surface area (Å²) in [7, 11) is 0. The molecular formula is C19H30. The Morgan fingerprint density at radius 1 is 0.895 bits per heavy atom. The quantitative estimate of drug-likeness (QED) is 0.509. The molecule has 0 heteroatoms. The summed E-state index contributed by atoms with van der Waals surface area (Å²) in [6.45, 7) is 12.7. The third-order valence-corrected chi connectivity index (χ3v) is 3.15. The summed E-state index contributed by atoms with van der Waals surface area (Å²) in [6, 6.07) is 9.10. The fraction of sp³-hybridized carbons (Fsp3) is 0.474. The molecule has 1 aromatic carbocycles. The van der Waals surface area contributed by atoms with Gasteiger partial charge in [-0.15, -0.1) is 13.2 Å². The van der Waals surface area contributed by atoms with Gasteiger partial charge in [-0.3, -0.25) is 0 Å². The van der Waals surface area contributed by atoms with Crippen molar-refractivity contribution < 1.29 is 0 Å². The van der Waals surface area contributed by atoms with Crippen LogP contribution in [-0.2, 0) is 0 Å². The summed E-state index contributed by atoms with van der Waals surface area (Å²) < 4.78 is 0. The molecule has 0 bridgehead atoms. The standard InChI is InChI=1S/C13H18.2C3H6/c1-11-7-9-13(10-8-11)12-5-3-2-4-6-12;2*1-3-2/h7-10,12H,2-6H2,1H3;2*3H,1H2,2H3. The first-order chi connectivity index (χ1) is 9.19. The third kappa shape index (κ3) is 8.42. The van der Waals surface area contributed by atoms with Gasteiger partial charge >= 0.3 is 0 Å². The first kappa shape index (κ1) is 17.7. The predicted octanol–water partition coefficient (Wildman–Crippen LogP) is 6.43. The van der Waals surface area contributed by atoms with E-state index in [-0.39, 0.29) is 0 Å². The van der Waals surface area contributed by atoms with Crippen LogP contribution < -0.4 is 0 Å². The zero-order valence-electron chi connectivity index (χ0n) is 13.0. The molecule has 1 fully saturated rings. The number of hydrogen-bond donors (Lipinski definition) is 0. The lowest BCUT2D eigenvalue weighted by molar-refractivity contribution is 0.443. The molecule has 0 unspecified atom stereocenters. The molecule has 0 aromatic heterocycles. The number of rotatable bonds is 1. The number of aryl methyl sites for hydroxylation is 1. The van der Waals surface area contributed by atoms with Gasteiger partial charge in [0.05, 0.1) is 0 Å². The largest absolute Gasteiger partial charge is 0.103 e. The number of allylic oxidation sites excluding steroid dienone is 2. The van der Waals surface area contributed by atoms with Crippen LogP contribution in [0, 0.1) is 6.92 Å². The number of hydrogen-bond acceptors (Lipinski definition) is 0. The Morgan fingerprint density at radius 3 is 1.74 bits per heavy atom. The van der Waals surface area contributed by atoms with E-state index in [0.29, 0.717) is 0 Å². The smallest absolute Gasteiger partial charge is 0.0162 e. The monoisotopic (exact) mass is 258 g/mol. The highest BCUT2D eigenvalue weighted by atomic mass is 14.2. The van der Waals surface area contributed by atoms with E-state index >= 15 is 0 Å². The second-order valence-electron chi connectivity index (χ2n) is 5.06. The van der Waals surface area contributed by atoms with Crippen LogP contribution in [0.1, 0.15) is 63.0 Å². The summed E-state index contributed by atoms with van der Waals surface area (Å²) in [5.41, 5.74) is 2.94. The lowest BCUT2D eigenvalue weighted by atomic mass is 9.84. The van der Waals surface area contributed by atoms with Crippen LogP contribution in [0.2, 0.25) is 0 Å². The van der Waals surface area contributed by atoms with Gasteiger partial charge in [0.25, 0.3) is 0 Å². The predicted molar refractivity (Wildman–Crippen MR) is 88.7 cm³/mol. The SMILES string of the molecule is C=CC.C=CC.Cc1ccc(C2CCCCC2)cc1. The molecule has 1 aliphatic carbocycles. The lowest BCUT2D eigenvalue weighted by Crippen LogP contribution is -2.04. The van der Waals surface area contributed by atoms with Gasteiger partial charge in [0, 0.05) is 0 Å². The lowest BCUT2D eigenvalue weighted by Gasteiger charge is -2.21. The average Bonchev–Trinajstić information content (AvgIpc) is 2.42. The Bertz CT molecular complexity index is 320. The van der Waals surface area contributed by atoms with Crippen LogP contribution in [0.3, 0.4) is 0 Å². The van der Waals surface area contributed by atoms with E-state index in [9.17, 15) is 0 Å². The first-order valence-electron chi connectivity index (χ1n) is 7.40. The topological polar surface area (TPSA) is 0 Å². The van der Waals surface area contributed by atoms with Gasteiger partial charge in [0.15, 0.2) is 0 Å². The fourth-order valence-electron chi connectivity index (χ4n) is 2.27. The van der Waals surface area contributed by atoms with E-state index in [0.717, 1.165) is 5.92 Å². The molecule has 0 amide bonds. The molecule has 0 nitrogen and oxygen atoms in total. The average molecular weight is 258 g/mol. The van der Waals surface area contributed by atoms with E-state index in [2.05, 4.69) is 44.3 Å². The van der Waals surface area contributed by atoms with Gasteiger partial charge in [-0.25, -0.2) is 0 Å². The molecule has 0 atom stereocenters. The van der Waals surface area contributed by atoms with Crippen LogP contribution in [0.25, 0.3) is 0 Å². The molecule has 1 aromatic rings. The van der Waals surface area contributed by atoms with Crippen LogP contribution >= 0.6 is 0 Å². The zero-order valence-corrected chi connectivity index (χ0v) is 13.0. The molecule has 1 saturated carbocycles.